The van der Waals surface area contributed by atoms with Gasteiger partial charge in [0.05, 0.1) is 0 Å². The van der Waals surface area contributed by atoms with E-state index in [1.54, 1.807) is 23.5 Å². The zero-order chi connectivity index (χ0) is 12.4. The van der Waals surface area contributed by atoms with Crippen molar-refractivity contribution in [3.8, 4) is 0 Å². The van der Waals surface area contributed by atoms with Crippen molar-refractivity contribution in [2.75, 3.05) is 0 Å². The molecule has 7 heteroatoms. The number of hydrogen-bond acceptors (Lipinski definition) is 4. The van der Waals surface area contributed by atoms with Gasteiger partial charge in [0, 0.05) is 12.5 Å². The molecule has 0 saturated carbocycles. The fraction of sp³-hybridized carbons (Fsp3) is 0.111. The van der Waals surface area contributed by atoms with E-state index in [1.165, 1.54) is 12.1 Å². The standard InChI is InChI=1S/C9H11N2O4S/c1-9(13,7-5-3-2-4-6-7)11-8(12)16(10,14)15/h2-6,13H,1H2,(H,11,12)(H2,10,14,15). The molecule has 0 spiro atoms. The Morgan fingerprint density at radius 1 is 1.38 bits per heavy atom. The predicted octanol–water partition coefficient (Wildman–Crippen LogP) is -0.336. The highest BCUT2D eigenvalue weighted by Crippen LogP contribution is 2.16. The molecule has 1 unspecified atom stereocenters. The van der Waals surface area contributed by atoms with Crippen molar-refractivity contribution in [2.45, 2.75) is 5.72 Å². The van der Waals surface area contributed by atoms with E-state index in [-0.39, 0.29) is 5.56 Å². The monoisotopic (exact) mass is 243 g/mol. The second kappa shape index (κ2) is 4.20. The van der Waals surface area contributed by atoms with Crippen LogP contribution in [-0.2, 0) is 15.7 Å². The van der Waals surface area contributed by atoms with Gasteiger partial charge in [-0.3, -0.25) is 4.79 Å². The molecule has 0 aliphatic heterocycles. The third kappa shape index (κ3) is 3.02. The maximum atomic E-state index is 11.0. The molecule has 4 N–H and O–H groups in total. The molecule has 1 aromatic rings. The number of amides is 1. The van der Waals surface area contributed by atoms with E-state index in [4.69, 9.17) is 0 Å². The van der Waals surface area contributed by atoms with Crippen LogP contribution < -0.4 is 10.5 Å². The van der Waals surface area contributed by atoms with Crippen LogP contribution >= 0.6 is 0 Å². The van der Waals surface area contributed by atoms with Gasteiger partial charge in [-0.15, -0.1) is 0 Å². The molecule has 1 aromatic carbocycles. The number of hydrogen-bond donors (Lipinski definition) is 3. The lowest BCUT2D eigenvalue weighted by atomic mass is 10.1. The summed E-state index contributed by atoms with van der Waals surface area (Å²) in [6.07, 6.45) is 0. The summed E-state index contributed by atoms with van der Waals surface area (Å²) in [5.74, 6) is 0. The van der Waals surface area contributed by atoms with E-state index < -0.39 is 21.0 Å². The number of carbonyl (C=O) groups is 1. The van der Waals surface area contributed by atoms with Crippen LogP contribution in [0.4, 0.5) is 4.79 Å². The molecule has 1 amide bonds. The van der Waals surface area contributed by atoms with E-state index in [1.807, 2.05) is 0 Å². The van der Waals surface area contributed by atoms with Crippen LogP contribution in [0.25, 0.3) is 0 Å². The topological polar surface area (TPSA) is 109 Å². The Bertz CT molecular complexity index is 481. The molecule has 16 heavy (non-hydrogen) atoms. The first kappa shape index (κ1) is 12.6. The maximum Gasteiger partial charge on any atom is 0.353 e. The molecule has 0 saturated heterocycles. The van der Waals surface area contributed by atoms with Crippen molar-refractivity contribution >= 4 is 15.3 Å². The van der Waals surface area contributed by atoms with Gasteiger partial charge < -0.3 is 10.4 Å². The van der Waals surface area contributed by atoms with Crippen molar-refractivity contribution < 1.29 is 18.3 Å². The molecule has 0 fully saturated rings. The SMILES string of the molecule is [CH2]C(O)(NC(=O)S(N)(=O)=O)c1ccccc1. The Hall–Kier alpha value is -1.44. The first-order valence-electron chi connectivity index (χ1n) is 4.22. The van der Waals surface area contributed by atoms with Crippen LogP contribution in [0, 0.1) is 6.92 Å². The molecule has 0 bridgehead atoms. The third-order valence-corrected chi connectivity index (χ3v) is 2.44. The highest BCUT2D eigenvalue weighted by molar-refractivity contribution is 8.04. The van der Waals surface area contributed by atoms with E-state index in [0.717, 1.165) is 0 Å². The Morgan fingerprint density at radius 3 is 2.31 bits per heavy atom. The highest BCUT2D eigenvalue weighted by atomic mass is 32.2. The lowest BCUT2D eigenvalue weighted by molar-refractivity contribution is 0.0632. The summed E-state index contributed by atoms with van der Waals surface area (Å²) in [5.41, 5.74) is -1.79. The van der Waals surface area contributed by atoms with Crippen molar-refractivity contribution in [2.24, 2.45) is 5.14 Å². The number of aliphatic hydroxyl groups is 1. The van der Waals surface area contributed by atoms with E-state index in [2.05, 4.69) is 12.1 Å². The van der Waals surface area contributed by atoms with Crippen LogP contribution in [-0.4, -0.2) is 18.8 Å². The Kier molecular flexibility index (Phi) is 3.32. The quantitative estimate of drug-likeness (QED) is 0.617. The summed E-state index contributed by atoms with van der Waals surface area (Å²) in [6.45, 7) is 3.30. The Labute approximate surface area is 93.1 Å². The minimum absolute atomic E-state index is 0.243. The second-order valence-corrected chi connectivity index (χ2v) is 4.64. The average molecular weight is 243 g/mol. The summed E-state index contributed by atoms with van der Waals surface area (Å²) in [6, 6.07) is 7.87. The largest absolute Gasteiger partial charge is 0.367 e. The van der Waals surface area contributed by atoms with Crippen molar-refractivity contribution in [1.82, 2.24) is 5.32 Å². The summed E-state index contributed by atoms with van der Waals surface area (Å²) >= 11 is 0. The minimum atomic E-state index is -4.39. The van der Waals surface area contributed by atoms with Crippen molar-refractivity contribution in [1.29, 1.82) is 0 Å². The zero-order valence-electron chi connectivity index (χ0n) is 8.25. The smallest absolute Gasteiger partial charge is 0.353 e. The van der Waals surface area contributed by atoms with Gasteiger partial charge in [0.1, 0.15) is 0 Å². The molecule has 1 radical (unpaired) electrons. The number of primary sulfonamides is 1. The van der Waals surface area contributed by atoms with Gasteiger partial charge in [-0.05, 0) is 0 Å². The van der Waals surface area contributed by atoms with Gasteiger partial charge in [0.25, 0.3) is 10.0 Å². The van der Waals surface area contributed by atoms with Gasteiger partial charge in [0.15, 0.2) is 5.72 Å². The number of carbonyl (C=O) groups excluding carboxylic acids is 1. The maximum absolute atomic E-state index is 11.0. The van der Waals surface area contributed by atoms with Gasteiger partial charge in [0.2, 0.25) is 0 Å². The van der Waals surface area contributed by atoms with Crippen LogP contribution in [0.2, 0.25) is 0 Å². The number of rotatable bonds is 2. The van der Waals surface area contributed by atoms with Gasteiger partial charge in [-0.2, -0.15) is 0 Å². The predicted molar refractivity (Wildman–Crippen MR) is 57.3 cm³/mol. The van der Waals surface area contributed by atoms with Crippen molar-refractivity contribution in [3.05, 3.63) is 42.8 Å². The van der Waals surface area contributed by atoms with E-state index >= 15 is 0 Å². The first-order chi connectivity index (χ1) is 7.23. The molecular weight excluding hydrogens is 232 g/mol. The van der Waals surface area contributed by atoms with Gasteiger partial charge in [-0.1, -0.05) is 30.3 Å². The molecule has 0 aliphatic carbocycles. The lowest BCUT2D eigenvalue weighted by Crippen LogP contribution is -2.47. The molecule has 6 nitrogen and oxygen atoms in total. The fourth-order valence-electron chi connectivity index (χ4n) is 1.03. The zero-order valence-corrected chi connectivity index (χ0v) is 9.07. The van der Waals surface area contributed by atoms with Gasteiger partial charge >= 0.3 is 5.24 Å². The molecule has 1 atom stereocenters. The average Bonchev–Trinajstić information content (AvgIpc) is 2.17. The minimum Gasteiger partial charge on any atom is -0.367 e. The molecule has 1 rings (SSSR count). The van der Waals surface area contributed by atoms with Crippen molar-refractivity contribution in [3.63, 3.8) is 0 Å². The Balaban J connectivity index is 2.93. The normalized spacial score (nSPS) is 15.2. The third-order valence-electron chi connectivity index (χ3n) is 1.82. The molecule has 87 valence electrons. The van der Waals surface area contributed by atoms with Crippen LogP contribution in [0.3, 0.4) is 0 Å². The number of nitrogens with two attached hydrogens (primary N) is 1. The van der Waals surface area contributed by atoms with Gasteiger partial charge in [-0.25, -0.2) is 13.6 Å². The summed E-state index contributed by atoms with van der Waals surface area (Å²) in [5, 5.41) is 14.7. The summed E-state index contributed by atoms with van der Waals surface area (Å²) in [4.78, 5) is 11.0. The van der Waals surface area contributed by atoms with Crippen LogP contribution in [0.5, 0.6) is 0 Å². The van der Waals surface area contributed by atoms with E-state index in [9.17, 15) is 18.3 Å². The van der Waals surface area contributed by atoms with Crippen LogP contribution in [0.15, 0.2) is 30.3 Å². The molecule has 0 aliphatic rings. The Morgan fingerprint density at radius 2 is 1.88 bits per heavy atom. The molecule has 0 heterocycles. The van der Waals surface area contributed by atoms with E-state index in [0.29, 0.717) is 0 Å². The lowest BCUT2D eigenvalue weighted by Gasteiger charge is -2.24. The summed E-state index contributed by atoms with van der Waals surface area (Å²) < 4.78 is 21.3. The number of sulfonamides is 1. The fourth-order valence-corrected chi connectivity index (χ4v) is 1.34. The number of benzene rings is 1. The first-order valence-corrected chi connectivity index (χ1v) is 5.76. The molecule has 0 aromatic heterocycles. The van der Waals surface area contributed by atoms with Crippen LogP contribution in [0.1, 0.15) is 5.56 Å². The second-order valence-electron chi connectivity index (χ2n) is 3.18. The molecular formula is C9H11N2O4S. The summed E-state index contributed by atoms with van der Waals surface area (Å²) in [7, 11) is -4.39. The number of nitrogens with one attached hydrogen (secondary N) is 1. The highest BCUT2D eigenvalue weighted by Gasteiger charge is 2.29.